The molecule has 15 heteroatoms. The lowest BCUT2D eigenvalue weighted by atomic mass is 10.3. The second-order valence-electron chi connectivity index (χ2n) is 4.62. The molecule has 0 radical (unpaired) electrons. The lowest BCUT2D eigenvalue weighted by Gasteiger charge is -2.02. The van der Waals surface area contributed by atoms with Crippen LogP contribution >= 0.6 is 34.8 Å². The highest BCUT2D eigenvalue weighted by Crippen LogP contribution is 2.17. The van der Waals surface area contributed by atoms with Gasteiger partial charge >= 0.3 is 11.6 Å². The molecule has 0 aliphatic carbocycles. The number of aromatic hydroxyl groups is 1. The Kier molecular flexibility index (Phi) is 13.8. The number of nitro benzene ring substituents is 2. The van der Waals surface area contributed by atoms with Crippen LogP contribution in [-0.4, -0.2) is 38.7 Å². The molecule has 170 valence electrons. The summed E-state index contributed by atoms with van der Waals surface area (Å²) >= 11 is 14.6. The number of rotatable bonds is 5. The maximum absolute atomic E-state index is 10.8. The number of hydrogen-bond acceptors (Lipinski definition) is 10. The summed E-state index contributed by atoms with van der Waals surface area (Å²) < 4.78 is 12.8. The van der Waals surface area contributed by atoms with Gasteiger partial charge in [0, 0.05) is 37.3 Å². The van der Waals surface area contributed by atoms with E-state index in [2.05, 4.69) is 25.8 Å². The lowest BCUT2D eigenvalue weighted by Crippen LogP contribution is -2.09. The minimum Gasteiger partial charge on any atom is -0.508 e. The van der Waals surface area contributed by atoms with Crippen molar-refractivity contribution < 1.29 is 40.2 Å². The van der Waals surface area contributed by atoms with Gasteiger partial charge in [0.15, 0.2) is 12.1 Å². The molecule has 1 N–H and O–H groups in total. The van der Waals surface area contributed by atoms with Gasteiger partial charge in [-0.15, -0.1) is 0 Å². The number of carbonyl (C=O) groups is 2. The molecule has 0 aromatic heterocycles. The van der Waals surface area contributed by atoms with Crippen molar-refractivity contribution in [3.63, 3.8) is 0 Å². The first-order valence-corrected chi connectivity index (χ1v) is 9.02. The Bertz CT molecular complexity index is 869. The molecule has 0 heterocycles. The second kappa shape index (κ2) is 15.5. The summed E-state index contributed by atoms with van der Waals surface area (Å²) in [6, 6.07) is 9.54. The van der Waals surface area contributed by atoms with Crippen molar-refractivity contribution in [1.82, 2.24) is 0 Å². The van der Waals surface area contributed by atoms with Gasteiger partial charge in [0.2, 0.25) is 0 Å². The molecule has 0 aliphatic rings. The van der Waals surface area contributed by atoms with E-state index in [0.717, 1.165) is 0 Å². The van der Waals surface area contributed by atoms with Crippen LogP contribution in [0.2, 0.25) is 0 Å². The summed E-state index contributed by atoms with van der Waals surface area (Å²) in [5.74, 6) is 0.182. The van der Waals surface area contributed by atoms with Gasteiger partial charge in [0.05, 0.1) is 9.85 Å². The Hall–Kier alpha value is -3.35. The van der Waals surface area contributed by atoms with Crippen LogP contribution in [0.25, 0.3) is 0 Å². The van der Waals surface area contributed by atoms with Gasteiger partial charge in [-0.05, 0) is 24.3 Å². The lowest BCUT2D eigenvalue weighted by molar-refractivity contribution is -0.385. The first kappa shape index (κ1) is 27.6. The Morgan fingerprint density at radius 3 is 1.61 bits per heavy atom. The fourth-order valence-electron chi connectivity index (χ4n) is 1.42. The first-order chi connectivity index (χ1) is 14.6. The topological polar surface area (TPSA) is 168 Å². The van der Waals surface area contributed by atoms with Gasteiger partial charge in [0.25, 0.3) is 11.4 Å². The number of carbonyl (C=O) groups excluding carboxylic acids is 2. The Morgan fingerprint density at radius 2 is 1.29 bits per heavy atom. The normalized spacial score (nSPS) is 9.00. The number of nitro groups is 2. The van der Waals surface area contributed by atoms with Crippen molar-refractivity contribution in [2.75, 3.05) is 12.1 Å². The molecule has 0 unspecified atom stereocenters. The zero-order chi connectivity index (χ0) is 23.8. The predicted octanol–water partition coefficient (Wildman–Crippen LogP) is 5.41. The standard InChI is InChI=1S/C8H6ClNO5.C6H5NO3.C2H2Cl2O2.H2/c9-5-14-8(11)15-7-3-1-6(2-4-7)10(12)13;8-6-3-1-5(2-4-6)7(9)10;3-1-6-2(4)5;/h1-4H,5H2;1-4,8H;1H2;1H/i;;;1+1. The van der Waals surface area contributed by atoms with Crippen LogP contribution in [0.15, 0.2) is 48.5 Å². The van der Waals surface area contributed by atoms with Crippen LogP contribution in [0.3, 0.4) is 0 Å². The summed E-state index contributed by atoms with van der Waals surface area (Å²) in [6.45, 7) is 0. The summed E-state index contributed by atoms with van der Waals surface area (Å²) in [5, 5.41) is 29.0. The molecule has 0 amide bonds. The molecule has 31 heavy (non-hydrogen) atoms. The Balaban J connectivity index is 0. The molecule has 2 aromatic carbocycles. The van der Waals surface area contributed by atoms with E-state index >= 15 is 0 Å². The second-order valence-corrected chi connectivity index (χ2v) is 5.37. The van der Waals surface area contributed by atoms with Crippen molar-refractivity contribution in [2.24, 2.45) is 0 Å². The monoisotopic (exact) mass is 501 g/mol. The van der Waals surface area contributed by atoms with Crippen molar-refractivity contribution in [3.8, 4) is 11.5 Å². The minimum absolute atomic E-state index is 0. The number of benzene rings is 2. The summed E-state index contributed by atoms with van der Waals surface area (Å²) in [5.41, 5.74) is -0.976. The van der Waals surface area contributed by atoms with Crippen LogP contribution < -0.4 is 4.74 Å². The quantitative estimate of drug-likeness (QED) is 0.139. The van der Waals surface area contributed by atoms with Gasteiger partial charge < -0.3 is 19.3 Å². The number of hydrogen-bond donors (Lipinski definition) is 1. The molecule has 0 atom stereocenters. The maximum Gasteiger partial charge on any atom is 0.515 e. The third-order valence-electron chi connectivity index (χ3n) is 2.65. The van der Waals surface area contributed by atoms with Crippen molar-refractivity contribution in [2.45, 2.75) is 0 Å². The third-order valence-corrected chi connectivity index (χ3v) is 2.98. The summed E-state index contributed by atoms with van der Waals surface area (Å²) in [4.78, 5) is 39.5. The van der Waals surface area contributed by atoms with Crippen LogP contribution in [0.1, 0.15) is 1.43 Å². The molecule has 0 fully saturated rings. The van der Waals surface area contributed by atoms with E-state index in [9.17, 15) is 29.8 Å². The molecule has 12 nitrogen and oxygen atoms in total. The highest BCUT2D eigenvalue weighted by Gasteiger charge is 2.08. The van der Waals surface area contributed by atoms with Crippen molar-refractivity contribution in [1.29, 1.82) is 0 Å². The van der Waals surface area contributed by atoms with Gasteiger partial charge in [-0.2, -0.15) is 0 Å². The van der Waals surface area contributed by atoms with E-state index in [-0.39, 0.29) is 36.4 Å². The van der Waals surface area contributed by atoms with E-state index in [0.29, 0.717) is 0 Å². The van der Waals surface area contributed by atoms with E-state index in [1.165, 1.54) is 48.5 Å². The third kappa shape index (κ3) is 13.5. The number of alkyl halides is 2. The average Bonchev–Trinajstić information content (AvgIpc) is 2.70. The number of halogens is 3. The van der Waals surface area contributed by atoms with E-state index < -0.39 is 21.4 Å². The zero-order valence-electron chi connectivity index (χ0n) is 15.2. The molecule has 2 rings (SSSR count). The van der Waals surface area contributed by atoms with Crippen molar-refractivity contribution >= 4 is 57.8 Å². The Morgan fingerprint density at radius 1 is 0.871 bits per heavy atom. The summed E-state index contributed by atoms with van der Waals surface area (Å²) in [6.07, 6.45) is -0.959. The molecule has 2 aromatic rings. The Labute approximate surface area is 190 Å². The van der Waals surface area contributed by atoms with Gasteiger partial charge in [-0.25, -0.2) is 9.59 Å². The highest BCUT2D eigenvalue weighted by atomic mass is 35.5. The van der Waals surface area contributed by atoms with E-state index in [1.54, 1.807) is 0 Å². The largest absolute Gasteiger partial charge is 0.515 e. The summed E-state index contributed by atoms with van der Waals surface area (Å²) in [7, 11) is 0. The van der Waals surface area contributed by atoms with Crippen LogP contribution in [-0.2, 0) is 9.47 Å². The van der Waals surface area contributed by atoms with Gasteiger partial charge in [0.1, 0.15) is 11.5 Å². The molecule has 0 bridgehead atoms. The zero-order valence-corrected chi connectivity index (χ0v) is 17.5. The van der Waals surface area contributed by atoms with Gasteiger partial charge in [-0.3, -0.25) is 20.2 Å². The maximum atomic E-state index is 10.8. The fraction of sp³-hybridized carbons (Fsp3) is 0.125. The van der Waals surface area contributed by atoms with Crippen LogP contribution in [0.4, 0.5) is 21.0 Å². The SMILES string of the molecule is O=C(Cl)OCCl.O=C(OCCl)Oc1ccc([N+](=O)[O-])cc1.O=[N+]([O-])c1ccc(O)cc1.[2HH]. The number of ether oxygens (including phenoxy) is 3. The van der Waals surface area contributed by atoms with Crippen LogP contribution in [0.5, 0.6) is 11.5 Å². The molecular formula is C16H15Cl3N2O10. The number of nitrogens with zero attached hydrogens (tertiary/aromatic N) is 2. The van der Waals surface area contributed by atoms with Gasteiger partial charge in [-0.1, -0.05) is 23.2 Å². The first-order valence-electron chi connectivity index (χ1n) is 7.57. The van der Waals surface area contributed by atoms with Crippen LogP contribution in [0, 0.1) is 20.2 Å². The number of phenolic OH excluding ortho intramolecular Hbond substituents is 1. The fourth-order valence-corrected chi connectivity index (χ4v) is 1.72. The molecule has 0 aliphatic heterocycles. The molecular weight excluding hydrogens is 487 g/mol. The van der Waals surface area contributed by atoms with E-state index in [1.807, 2.05) is 0 Å². The predicted molar refractivity (Wildman–Crippen MR) is 111 cm³/mol. The number of non-ortho nitro benzene ring substituents is 2. The smallest absolute Gasteiger partial charge is 0.508 e. The average molecular weight is 503 g/mol. The van der Waals surface area contributed by atoms with E-state index in [4.69, 9.17) is 28.3 Å². The van der Waals surface area contributed by atoms with Crippen molar-refractivity contribution in [3.05, 3.63) is 68.8 Å². The molecule has 0 spiro atoms. The highest BCUT2D eigenvalue weighted by molar-refractivity contribution is 6.61. The number of phenols is 1. The molecule has 0 saturated carbocycles. The minimum atomic E-state index is -0.959. The molecule has 0 saturated heterocycles.